The summed E-state index contributed by atoms with van der Waals surface area (Å²) in [7, 11) is 0. The fourth-order valence-electron chi connectivity index (χ4n) is 1.91. The predicted molar refractivity (Wildman–Crippen MR) is 49.1 cm³/mol. The molecule has 1 aliphatic rings. The van der Waals surface area contributed by atoms with Crippen molar-refractivity contribution >= 4 is 6.29 Å². The number of carbonyl (C=O) groups is 1. The van der Waals surface area contributed by atoms with Crippen LogP contribution in [-0.2, 0) is 11.2 Å². The van der Waals surface area contributed by atoms with Crippen LogP contribution in [0.25, 0.3) is 0 Å². The predicted octanol–water partition coefficient (Wildman–Crippen LogP) is 1.50. The maximum absolute atomic E-state index is 10.7. The summed E-state index contributed by atoms with van der Waals surface area (Å²) in [6.45, 7) is 3.56. The zero-order valence-electron chi connectivity index (χ0n) is 7.67. The lowest BCUT2D eigenvalue weighted by atomic mass is 9.98. The Morgan fingerprint density at radius 2 is 2.54 bits per heavy atom. The summed E-state index contributed by atoms with van der Waals surface area (Å²) < 4.78 is 5.42. The van der Waals surface area contributed by atoms with Gasteiger partial charge in [0.15, 0.2) is 6.29 Å². The molecule has 3 nitrogen and oxygen atoms in total. The van der Waals surface area contributed by atoms with Gasteiger partial charge >= 0.3 is 0 Å². The molecule has 0 saturated heterocycles. The molecule has 1 aromatic rings. The summed E-state index contributed by atoms with van der Waals surface area (Å²) >= 11 is 0. The van der Waals surface area contributed by atoms with Gasteiger partial charge in [-0.2, -0.15) is 0 Å². The summed E-state index contributed by atoms with van der Waals surface area (Å²) in [5.41, 5.74) is 3.09. The summed E-state index contributed by atoms with van der Waals surface area (Å²) in [5, 5.41) is 0. The van der Waals surface area contributed by atoms with Crippen molar-refractivity contribution in [1.29, 1.82) is 0 Å². The Bertz CT molecular complexity index is 317. The molecule has 0 spiro atoms. The summed E-state index contributed by atoms with van der Waals surface area (Å²) in [4.78, 5) is 13.7. The first kappa shape index (κ1) is 8.51. The lowest BCUT2D eigenvalue weighted by molar-refractivity contribution is 0.111. The van der Waals surface area contributed by atoms with Gasteiger partial charge in [-0.25, -0.2) is 0 Å². The minimum Gasteiger partial charge on any atom is -0.380 e. The van der Waals surface area contributed by atoms with Gasteiger partial charge in [0.2, 0.25) is 0 Å². The average molecular weight is 179 g/mol. The third-order valence-corrected chi connectivity index (χ3v) is 2.53. The molecule has 3 heteroatoms. The van der Waals surface area contributed by atoms with E-state index in [1.807, 2.05) is 6.20 Å². The largest absolute Gasteiger partial charge is 0.380 e. The van der Waals surface area contributed by atoms with E-state index < -0.39 is 0 Å². The Kier molecular flexibility index (Phi) is 2.19. The average Bonchev–Trinajstić information content (AvgIpc) is 2.47. The first-order valence-corrected chi connectivity index (χ1v) is 4.56. The molecule has 0 bridgehead atoms. The number of hydrogen-bond acceptors (Lipinski definition) is 2. The standard InChI is InChI=1S/C10H13NO2/c1-7-6-13-3-2-8-4-11-9(5-12)10(7)8/h4-5,7,11H,2-3,6H2,1H3. The minimum absolute atomic E-state index is 0.323. The van der Waals surface area contributed by atoms with Crippen LogP contribution in [0.1, 0.15) is 34.5 Å². The van der Waals surface area contributed by atoms with Crippen molar-refractivity contribution in [3.63, 3.8) is 0 Å². The number of fused-ring (bicyclic) bond motifs is 1. The molecule has 1 N–H and O–H groups in total. The van der Waals surface area contributed by atoms with Crippen molar-refractivity contribution in [3.8, 4) is 0 Å². The smallest absolute Gasteiger partial charge is 0.166 e. The number of hydrogen-bond donors (Lipinski definition) is 1. The van der Waals surface area contributed by atoms with Crippen molar-refractivity contribution in [2.24, 2.45) is 0 Å². The van der Waals surface area contributed by atoms with E-state index in [2.05, 4.69) is 11.9 Å². The molecular weight excluding hydrogens is 166 g/mol. The number of carbonyl (C=O) groups excluding carboxylic acids is 1. The third kappa shape index (κ3) is 1.40. The second kappa shape index (κ2) is 3.34. The molecule has 70 valence electrons. The van der Waals surface area contributed by atoms with E-state index in [4.69, 9.17) is 4.74 Å². The molecule has 0 aliphatic carbocycles. The van der Waals surface area contributed by atoms with E-state index >= 15 is 0 Å². The number of nitrogens with one attached hydrogen (secondary N) is 1. The molecule has 2 rings (SSSR count). The van der Waals surface area contributed by atoms with Crippen molar-refractivity contribution in [2.45, 2.75) is 19.3 Å². The Balaban J connectivity index is 2.45. The number of H-pyrrole nitrogens is 1. The maximum Gasteiger partial charge on any atom is 0.166 e. The van der Waals surface area contributed by atoms with Gasteiger partial charge in [0.25, 0.3) is 0 Å². The monoisotopic (exact) mass is 179 g/mol. The van der Waals surface area contributed by atoms with Crippen LogP contribution in [0.15, 0.2) is 6.20 Å². The summed E-state index contributed by atoms with van der Waals surface area (Å²) in [5.74, 6) is 0.323. The summed E-state index contributed by atoms with van der Waals surface area (Å²) in [6, 6.07) is 0. The fourth-order valence-corrected chi connectivity index (χ4v) is 1.91. The highest BCUT2D eigenvalue weighted by Crippen LogP contribution is 2.26. The second-order valence-electron chi connectivity index (χ2n) is 3.49. The number of aromatic nitrogens is 1. The molecule has 1 unspecified atom stereocenters. The van der Waals surface area contributed by atoms with Crippen LogP contribution in [0.2, 0.25) is 0 Å². The molecule has 0 saturated carbocycles. The van der Waals surface area contributed by atoms with E-state index in [1.165, 1.54) is 5.56 Å². The third-order valence-electron chi connectivity index (χ3n) is 2.53. The lowest BCUT2D eigenvalue weighted by Crippen LogP contribution is -2.03. The SMILES string of the molecule is CC1COCCc2c[nH]c(C=O)c21. The van der Waals surface area contributed by atoms with Crippen LogP contribution in [0.3, 0.4) is 0 Å². The molecular formula is C10H13NO2. The number of aldehydes is 1. The van der Waals surface area contributed by atoms with E-state index in [0.29, 0.717) is 18.2 Å². The van der Waals surface area contributed by atoms with Gasteiger partial charge in [-0.15, -0.1) is 0 Å². The molecule has 0 amide bonds. The Morgan fingerprint density at radius 1 is 1.69 bits per heavy atom. The van der Waals surface area contributed by atoms with Crippen molar-refractivity contribution < 1.29 is 9.53 Å². The van der Waals surface area contributed by atoms with Crippen molar-refractivity contribution in [1.82, 2.24) is 4.98 Å². The van der Waals surface area contributed by atoms with Crippen LogP contribution < -0.4 is 0 Å². The van der Waals surface area contributed by atoms with Gasteiger partial charge in [-0.1, -0.05) is 6.92 Å². The maximum atomic E-state index is 10.7. The molecule has 1 aromatic heterocycles. The molecule has 2 heterocycles. The van der Waals surface area contributed by atoms with Crippen LogP contribution in [0, 0.1) is 0 Å². The Labute approximate surface area is 77.1 Å². The van der Waals surface area contributed by atoms with Gasteiger partial charge in [0, 0.05) is 12.1 Å². The zero-order valence-corrected chi connectivity index (χ0v) is 7.67. The van der Waals surface area contributed by atoms with Crippen molar-refractivity contribution in [2.75, 3.05) is 13.2 Å². The first-order valence-electron chi connectivity index (χ1n) is 4.56. The normalized spacial score (nSPS) is 22.1. The highest BCUT2D eigenvalue weighted by molar-refractivity contribution is 5.76. The van der Waals surface area contributed by atoms with Crippen LogP contribution in [-0.4, -0.2) is 24.5 Å². The van der Waals surface area contributed by atoms with Crippen LogP contribution in [0.4, 0.5) is 0 Å². The van der Waals surface area contributed by atoms with Crippen LogP contribution >= 0.6 is 0 Å². The Hall–Kier alpha value is -1.09. The van der Waals surface area contributed by atoms with Crippen LogP contribution in [0.5, 0.6) is 0 Å². The topological polar surface area (TPSA) is 42.1 Å². The fraction of sp³-hybridized carbons (Fsp3) is 0.500. The molecule has 0 fully saturated rings. The van der Waals surface area contributed by atoms with E-state index in [0.717, 1.165) is 24.9 Å². The molecule has 1 atom stereocenters. The lowest BCUT2D eigenvalue weighted by Gasteiger charge is -2.08. The van der Waals surface area contributed by atoms with E-state index in [-0.39, 0.29) is 0 Å². The molecule has 1 aliphatic heterocycles. The zero-order chi connectivity index (χ0) is 9.26. The number of ether oxygens (including phenoxy) is 1. The van der Waals surface area contributed by atoms with Gasteiger partial charge in [0.1, 0.15) is 0 Å². The summed E-state index contributed by atoms with van der Waals surface area (Å²) in [6.07, 6.45) is 3.72. The van der Waals surface area contributed by atoms with Crippen molar-refractivity contribution in [3.05, 3.63) is 23.0 Å². The van der Waals surface area contributed by atoms with Gasteiger partial charge in [0.05, 0.1) is 18.9 Å². The molecule has 13 heavy (non-hydrogen) atoms. The first-order chi connectivity index (χ1) is 6.33. The van der Waals surface area contributed by atoms with Gasteiger partial charge in [-0.05, 0) is 17.5 Å². The Morgan fingerprint density at radius 3 is 3.31 bits per heavy atom. The molecule has 0 radical (unpaired) electrons. The number of aromatic amines is 1. The van der Waals surface area contributed by atoms with Gasteiger partial charge < -0.3 is 9.72 Å². The molecule has 0 aromatic carbocycles. The quantitative estimate of drug-likeness (QED) is 0.664. The van der Waals surface area contributed by atoms with Gasteiger partial charge in [-0.3, -0.25) is 4.79 Å². The highest BCUT2D eigenvalue weighted by atomic mass is 16.5. The highest BCUT2D eigenvalue weighted by Gasteiger charge is 2.19. The minimum atomic E-state index is 0.323. The number of rotatable bonds is 1. The second-order valence-corrected chi connectivity index (χ2v) is 3.49. The van der Waals surface area contributed by atoms with E-state index in [9.17, 15) is 4.79 Å². The van der Waals surface area contributed by atoms with E-state index in [1.54, 1.807) is 0 Å².